The van der Waals surface area contributed by atoms with Gasteiger partial charge >= 0.3 is 6.18 Å². The number of nitrogens with one attached hydrogen (secondary N) is 3. The van der Waals surface area contributed by atoms with Crippen LogP contribution in [0.2, 0.25) is 5.02 Å². The van der Waals surface area contributed by atoms with Gasteiger partial charge in [0.25, 0.3) is 5.91 Å². The molecule has 5 rings (SSSR count). The molecule has 1 aromatic carbocycles. The van der Waals surface area contributed by atoms with E-state index >= 15 is 0 Å². The summed E-state index contributed by atoms with van der Waals surface area (Å²) in [6.07, 6.45) is -1.64. The second-order valence-corrected chi connectivity index (χ2v) is 9.80. The summed E-state index contributed by atoms with van der Waals surface area (Å²) in [4.78, 5) is 24.8. The number of fused-ring (bicyclic) bond motifs is 1. The summed E-state index contributed by atoms with van der Waals surface area (Å²) in [6.45, 7) is -0.0959. The number of rotatable bonds is 7. The van der Waals surface area contributed by atoms with E-state index in [2.05, 4.69) is 16.0 Å². The molecule has 3 atom stereocenters. The second kappa shape index (κ2) is 9.29. The SMILES string of the molecule is O=C(CC1CCC(C(F)(F)F)NC1)N[C@H]1CC2(NC(=O)COc3ccc(Cl)c(F)c3)CC1C2. The van der Waals surface area contributed by atoms with Gasteiger partial charge in [0.05, 0.1) is 5.02 Å². The van der Waals surface area contributed by atoms with Crippen molar-refractivity contribution in [1.29, 1.82) is 0 Å². The van der Waals surface area contributed by atoms with Crippen molar-refractivity contribution in [2.24, 2.45) is 11.8 Å². The molecule has 4 fully saturated rings. The highest BCUT2D eigenvalue weighted by Gasteiger charge is 2.57. The van der Waals surface area contributed by atoms with Gasteiger partial charge in [-0.05, 0) is 62.6 Å². The molecule has 182 valence electrons. The van der Waals surface area contributed by atoms with Gasteiger partial charge in [-0.2, -0.15) is 13.2 Å². The summed E-state index contributed by atoms with van der Waals surface area (Å²) in [6, 6.07) is 2.37. The van der Waals surface area contributed by atoms with Crippen LogP contribution in [0.4, 0.5) is 17.6 Å². The van der Waals surface area contributed by atoms with Gasteiger partial charge in [0, 0.05) is 24.1 Å². The Kier molecular flexibility index (Phi) is 6.77. The molecule has 11 heteroatoms. The van der Waals surface area contributed by atoms with E-state index in [1.54, 1.807) is 0 Å². The van der Waals surface area contributed by atoms with E-state index in [0.29, 0.717) is 12.8 Å². The number of hydrogen-bond donors (Lipinski definition) is 3. The Morgan fingerprint density at radius 1 is 1.18 bits per heavy atom. The molecule has 2 bridgehead atoms. The largest absolute Gasteiger partial charge is 0.484 e. The number of carbonyl (C=O) groups excluding carboxylic acids is 2. The third kappa shape index (κ3) is 5.71. The predicted octanol–water partition coefficient (Wildman–Crippen LogP) is 3.33. The number of benzene rings is 1. The third-order valence-corrected chi connectivity index (χ3v) is 7.19. The van der Waals surface area contributed by atoms with Crippen molar-refractivity contribution in [3.63, 3.8) is 0 Å². The van der Waals surface area contributed by atoms with Crippen molar-refractivity contribution < 1.29 is 31.9 Å². The average Bonchev–Trinajstić information content (AvgIpc) is 3.21. The van der Waals surface area contributed by atoms with E-state index in [-0.39, 0.29) is 72.0 Å². The number of halogens is 5. The van der Waals surface area contributed by atoms with E-state index in [0.717, 1.165) is 18.9 Å². The molecule has 2 amide bonds. The molecular weight excluding hydrogens is 466 g/mol. The number of hydrogen-bond acceptors (Lipinski definition) is 4. The number of amides is 2. The molecule has 0 spiro atoms. The molecule has 33 heavy (non-hydrogen) atoms. The van der Waals surface area contributed by atoms with Crippen molar-refractivity contribution in [3.05, 3.63) is 29.0 Å². The van der Waals surface area contributed by atoms with Crippen molar-refractivity contribution >= 4 is 23.4 Å². The lowest BCUT2D eigenvalue weighted by Crippen LogP contribution is -2.53. The molecule has 3 N–H and O–H groups in total. The van der Waals surface area contributed by atoms with Crippen molar-refractivity contribution in [1.82, 2.24) is 16.0 Å². The predicted molar refractivity (Wildman–Crippen MR) is 112 cm³/mol. The maximum absolute atomic E-state index is 13.5. The topological polar surface area (TPSA) is 79.5 Å². The summed E-state index contributed by atoms with van der Waals surface area (Å²) in [5.74, 6) is -0.786. The van der Waals surface area contributed by atoms with E-state index in [1.165, 1.54) is 12.1 Å². The van der Waals surface area contributed by atoms with E-state index in [1.807, 2.05) is 0 Å². The molecule has 3 saturated carbocycles. The maximum Gasteiger partial charge on any atom is 0.403 e. The quantitative estimate of drug-likeness (QED) is 0.511. The lowest BCUT2D eigenvalue weighted by atomic mass is 9.76. The number of ether oxygens (including phenoxy) is 1. The maximum atomic E-state index is 13.5. The molecule has 0 aromatic heterocycles. The fourth-order valence-corrected chi connectivity index (χ4v) is 5.37. The number of carbonyl (C=O) groups is 2. The van der Waals surface area contributed by atoms with E-state index in [4.69, 9.17) is 16.3 Å². The average molecular weight is 492 g/mol. The van der Waals surface area contributed by atoms with Gasteiger partial charge in [0.2, 0.25) is 5.91 Å². The zero-order valence-corrected chi connectivity index (χ0v) is 18.6. The van der Waals surface area contributed by atoms with Crippen LogP contribution in [-0.2, 0) is 9.59 Å². The molecule has 3 aliphatic carbocycles. The minimum absolute atomic E-state index is 0.0205. The van der Waals surface area contributed by atoms with Gasteiger partial charge in [-0.1, -0.05) is 11.6 Å². The Morgan fingerprint density at radius 3 is 2.58 bits per heavy atom. The molecule has 0 radical (unpaired) electrons. The van der Waals surface area contributed by atoms with E-state index < -0.39 is 18.0 Å². The minimum atomic E-state index is -4.26. The fourth-order valence-electron chi connectivity index (χ4n) is 5.25. The van der Waals surface area contributed by atoms with Crippen molar-refractivity contribution in [2.75, 3.05) is 13.2 Å². The first-order chi connectivity index (χ1) is 15.5. The normalized spacial score (nSPS) is 30.9. The molecule has 6 nitrogen and oxygen atoms in total. The van der Waals surface area contributed by atoms with Crippen LogP contribution in [-0.4, -0.2) is 48.8 Å². The van der Waals surface area contributed by atoms with Crippen LogP contribution in [0.25, 0.3) is 0 Å². The van der Waals surface area contributed by atoms with Gasteiger partial charge in [0.15, 0.2) is 6.61 Å². The Bertz CT molecular complexity index is 899. The molecule has 1 aliphatic heterocycles. The van der Waals surface area contributed by atoms with Gasteiger partial charge in [-0.15, -0.1) is 0 Å². The molecule has 2 unspecified atom stereocenters. The smallest absolute Gasteiger partial charge is 0.403 e. The van der Waals surface area contributed by atoms with Crippen LogP contribution < -0.4 is 20.7 Å². The van der Waals surface area contributed by atoms with E-state index in [9.17, 15) is 27.2 Å². The van der Waals surface area contributed by atoms with Crippen molar-refractivity contribution in [2.45, 2.75) is 62.3 Å². The Morgan fingerprint density at radius 2 is 1.94 bits per heavy atom. The third-order valence-electron chi connectivity index (χ3n) is 6.88. The summed E-state index contributed by atoms with van der Waals surface area (Å²) in [5.41, 5.74) is -0.388. The standard InChI is InChI=1S/C22H26ClF4N3O3/c23-15-3-2-14(6-16(15)24)33-11-20(32)30-21-7-13(8-21)17(9-21)29-19(31)5-12-1-4-18(28-10-12)22(25,26)27/h2-3,6,12-13,17-18,28H,1,4-5,7-11H2,(H,29,31)(H,30,32)/t12?,13?,17-,18?,21?/m0/s1. The number of alkyl halides is 3. The number of piperidine rings is 1. The minimum Gasteiger partial charge on any atom is -0.484 e. The lowest BCUT2D eigenvalue weighted by Gasteiger charge is -2.39. The lowest BCUT2D eigenvalue weighted by molar-refractivity contribution is -0.162. The Labute approximate surface area is 193 Å². The molecular formula is C22H26ClF4N3O3. The Hall–Kier alpha value is -2.07. The van der Waals surface area contributed by atoms with Crippen LogP contribution >= 0.6 is 11.6 Å². The van der Waals surface area contributed by atoms with Gasteiger partial charge in [0.1, 0.15) is 17.6 Å². The van der Waals surface area contributed by atoms with Gasteiger partial charge in [-0.3, -0.25) is 9.59 Å². The summed E-state index contributed by atoms with van der Waals surface area (Å²) >= 11 is 5.62. The Balaban J connectivity index is 1.18. The van der Waals surface area contributed by atoms with Crippen LogP contribution in [0, 0.1) is 17.7 Å². The zero-order valence-electron chi connectivity index (χ0n) is 17.8. The monoisotopic (exact) mass is 491 g/mol. The summed E-state index contributed by atoms with van der Waals surface area (Å²) in [5, 5.41) is 8.43. The highest BCUT2D eigenvalue weighted by atomic mass is 35.5. The van der Waals surface area contributed by atoms with Crippen molar-refractivity contribution in [3.8, 4) is 5.75 Å². The second-order valence-electron chi connectivity index (χ2n) is 9.39. The van der Waals surface area contributed by atoms with Gasteiger partial charge in [-0.25, -0.2) is 4.39 Å². The molecule has 1 saturated heterocycles. The summed E-state index contributed by atoms with van der Waals surface area (Å²) < 4.78 is 57.0. The van der Waals surface area contributed by atoms with Crippen LogP contribution in [0.1, 0.15) is 38.5 Å². The highest BCUT2D eigenvalue weighted by molar-refractivity contribution is 6.30. The molecule has 1 heterocycles. The van der Waals surface area contributed by atoms with Crippen LogP contribution in [0.15, 0.2) is 18.2 Å². The van der Waals surface area contributed by atoms with Gasteiger partial charge < -0.3 is 20.7 Å². The first kappa shape index (κ1) is 24.1. The molecule has 1 aromatic rings. The van der Waals surface area contributed by atoms with Crippen LogP contribution in [0.5, 0.6) is 5.75 Å². The first-order valence-corrected chi connectivity index (χ1v) is 11.4. The fraction of sp³-hybridized carbons (Fsp3) is 0.636. The first-order valence-electron chi connectivity index (χ1n) is 11.0. The molecule has 4 aliphatic rings. The summed E-state index contributed by atoms with van der Waals surface area (Å²) in [7, 11) is 0. The van der Waals surface area contributed by atoms with Crippen LogP contribution in [0.3, 0.4) is 0 Å². The highest BCUT2D eigenvalue weighted by Crippen LogP contribution is 2.52. The zero-order chi connectivity index (χ0) is 23.8.